The first-order chi connectivity index (χ1) is 6.92. The Hall–Kier alpha value is -1.03. The van der Waals surface area contributed by atoms with Crippen molar-refractivity contribution in [2.24, 2.45) is 0 Å². The van der Waals surface area contributed by atoms with Gasteiger partial charge >= 0.3 is 0 Å². The first kappa shape index (κ1) is 10.5. The molecule has 15 heavy (non-hydrogen) atoms. The molecule has 3 nitrogen and oxygen atoms in total. The van der Waals surface area contributed by atoms with Crippen molar-refractivity contribution in [1.29, 1.82) is 0 Å². The van der Waals surface area contributed by atoms with Gasteiger partial charge in [0, 0.05) is 13.1 Å². The van der Waals surface area contributed by atoms with Crippen molar-refractivity contribution in [3.63, 3.8) is 0 Å². The minimum atomic E-state index is -3.09. The number of hydrogen-bond acceptors (Lipinski definition) is 3. The smallest absolute Gasteiger partial charge is 0.182 e. The topological polar surface area (TPSA) is 37.4 Å². The summed E-state index contributed by atoms with van der Waals surface area (Å²) in [6.45, 7) is 3.84. The summed E-state index contributed by atoms with van der Waals surface area (Å²) in [6.07, 6.45) is 0. The maximum Gasteiger partial charge on any atom is 0.182 e. The highest BCUT2D eigenvalue weighted by molar-refractivity contribution is 7.91. The van der Waals surface area contributed by atoms with Crippen LogP contribution in [0.15, 0.2) is 23.1 Å². The van der Waals surface area contributed by atoms with Crippen molar-refractivity contribution in [1.82, 2.24) is 0 Å². The van der Waals surface area contributed by atoms with Crippen LogP contribution in [0.1, 0.15) is 12.5 Å². The second-order valence-corrected chi connectivity index (χ2v) is 6.22. The zero-order chi connectivity index (χ0) is 11.2. The van der Waals surface area contributed by atoms with E-state index in [1.54, 1.807) is 6.07 Å². The third-order valence-corrected chi connectivity index (χ3v) is 4.87. The van der Waals surface area contributed by atoms with E-state index in [2.05, 4.69) is 0 Å². The predicted octanol–water partition coefficient (Wildman–Crippen LogP) is 1.61. The Morgan fingerprint density at radius 3 is 2.73 bits per heavy atom. The number of hydrogen-bond donors (Lipinski definition) is 0. The van der Waals surface area contributed by atoms with Gasteiger partial charge in [-0.25, -0.2) is 8.42 Å². The fourth-order valence-electron chi connectivity index (χ4n) is 1.92. The van der Waals surface area contributed by atoms with E-state index in [1.165, 1.54) is 0 Å². The second-order valence-electron chi connectivity index (χ2n) is 4.21. The number of anilines is 1. The second kappa shape index (κ2) is 3.23. The molecule has 0 saturated heterocycles. The number of fused-ring (bicyclic) bond motifs is 1. The zero-order valence-electron chi connectivity index (χ0n) is 9.19. The Kier molecular flexibility index (Phi) is 2.26. The lowest BCUT2D eigenvalue weighted by Crippen LogP contribution is -2.40. The van der Waals surface area contributed by atoms with Crippen molar-refractivity contribution < 1.29 is 8.42 Å². The molecule has 1 heterocycles. The van der Waals surface area contributed by atoms with Crippen LogP contribution in [-0.4, -0.2) is 27.3 Å². The van der Waals surface area contributed by atoms with Crippen molar-refractivity contribution in [2.75, 3.05) is 17.7 Å². The quantitative estimate of drug-likeness (QED) is 0.673. The summed E-state index contributed by atoms with van der Waals surface area (Å²) < 4.78 is 23.9. The summed E-state index contributed by atoms with van der Waals surface area (Å²) in [5, 5.41) is 0. The van der Waals surface area contributed by atoms with Crippen molar-refractivity contribution in [3.8, 4) is 0 Å². The van der Waals surface area contributed by atoms with Gasteiger partial charge in [-0.15, -0.1) is 0 Å². The molecule has 0 bridgehead atoms. The molecule has 0 fully saturated rings. The molecule has 1 aliphatic rings. The Labute approximate surface area is 90.6 Å². The summed E-state index contributed by atoms with van der Waals surface area (Å²) in [5.74, 6) is 0.208. The van der Waals surface area contributed by atoms with E-state index in [1.807, 2.05) is 37.9 Å². The molecule has 0 aliphatic carbocycles. The number of aryl methyl sites for hydroxylation is 1. The average Bonchev–Trinajstić information content (AvgIpc) is 2.14. The fourth-order valence-corrected chi connectivity index (χ4v) is 3.85. The Morgan fingerprint density at radius 2 is 2.07 bits per heavy atom. The molecule has 1 aromatic rings. The molecule has 0 aromatic heterocycles. The van der Waals surface area contributed by atoms with Gasteiger partial charge in [0.05, 0.1) is 16.3 Å². The highest BCUT2D eigenvalue weighted by Crippen LogP contribution is 2.32. The molecular weight excluding hydrogens is 210 g/mol. The van der Waals surface area contributed by atoms with Gasteiger partial charge < -0.3 is 4.90 Å². The molecule has 0 radical (unpaired) electrons. The molecule has 1 aromatic carbocycles. The summed E-state index contributed by atoms with van der Waals surface area (Å²) in [4.78, 5) is 2.50. The van der Waals surface area contributed by atoms with Crippen molar-refractivity contribution in [3.05, 3.63) is 23.8 Å². The number of sulfone groups is 1. The SMILES string of the molecule is Cc1ccc2c(c1)S(=O)(=O)CC(C)N2C. The molecule has 4 heteroatoms. The highest BCUT2D eigenvalue weighted by Gasteiger charge is 2.31. The normalized spacial score (nSPS) is 23.7. The van der Waals surface area contributed by atoms with E-state index in [9.17, 15) is 8.42 Å². The molecule has 0 amide bonds. The van der Waals surface area contributed by atoms with Gasteiger partial charge in [0.25, 0.3) is 0 Å². The minimum absolute atomic E-state index is 0.0465. The number of benzene rings is 1. The maximum absolute atomic E-state index is 12.0. The molecule has 0 saturated carbocycles. The molecule has 1 aliphatic heterocycles. The zero-order valence-corrected chi connectivity index (χ0v) is 10.0. The molecule has 0 N–H and O–H groups in total. The van der Waals surface area contributed by atoms with Crippen LogP contribution >= 0.6 is 0 Å². The maximum atomic E-state index is 12.0. The number of nitrogens with zero attached hydrogens (tertiary/aromatic N) is 1. The van der Waals surface area contributed by atoms with E-state index >= 15 is 0 Å². The van der Waals surface area contributed by atoms with Crippen molar-refractivity contribution in [2.45, 2.75) is 24.8 Å². The summed E-state index contributed by atoms with van der Waals surface area (Å²) in [6, 6.07) is 5.64. The van der Waals surface area contributed by atoms with Crippen LogP contribution in [0, 0.1) is 6.92 Å². The summed E-state index contributed by atoms with van der Waals surface area (Å²) in [5.41, 5.74) is 1.81. The highest BCUT2D eigenvalue weighted by atomic mass is 32.2. The van der Waals surface area contributed by atoms with Crippen LogP contribution in [0.2, 0.25) is 0 Å². The first-order valence-electron chi connectivity index (χ1n) is 4.98. The van der Waals surface area contributed by atoms with E-state index in [4.69, 9.17) is 0 Å². The Morgan fingerprint density at radius 1 is 1.40 bits per heavy atom. The van der Waals surface area contributed by atoms with Gasteiger partial charge in [0.1, 0.15) is 0 Å². The third-order valence-electron chi connectivity index (χ3n) is 2.95. The standard InChI is InChI=1S/C11H15NO2S/c1-8-4-5-10-11(6-8)15(13,14)7-9(2)12(10)3/h4-6,9H,7H2,1-3H3. The van der Waals surface area contributed by atoms with E-state index in [0.717, 1.165) is 11.3 Å². The van der Waals surface area contributed by atoms with Gasteiger partial charge in [-0.2, -0.15) is 0 Å². The van der Waals surface area contributed by atoms with E-state index < -0.39 is 9.84 Å². The van der Waals surface area contributed by atoms with Gasteiger partial charge in [-0.3, -0.25) is 0 Å². The molecular formula is C11H15NO2S. The molecule has 1 atom stereocenters. The first-order valence-corrected chi connectivity index (χ1v) is 6.63. The molecule has 0 spiro atoms. The van der Waals surface area contributed by atoms with Crippen LogP contribution in [-0.2, 0) is 9.84 Å². The van der Waals surface area contributed by atoms with Crippen LogP contribution in [0.5, 0.6) is 0 Å². The fraction of sp³-hybridized carbons (Fsp3) is 0.455. The predicted molar refractivity (Wildman–Crippen MR) is 61.1 cm³/mol. The van der Waals surface area contributed by atoms with Crippen LogP contribution in [0.3, 0.4) is 0 Å². The van der Waals surface area contributed by atoms with Crippen LogP contribution < -0.4 is 4.90 Å². The number of rotatable bonds is 0. The summed E-state index contributed by atoms with van der Waals surface area (Å²) >= 11 is 0. The minimum Gasteiger partial charge on any atom is -0.370 e. The molecule has 1 unspecified atom stereocenters. The molecule has 2 rings (SSSR count). The Bertz CT molecular complexity index is 493. The van der Waals surface area contributed by atoms with Crippen LogP contribution in [0.25, 0.3) is 0 Å². The van der Waals surface area contributed by atoms with E-state index in [-0.39, 0.29) is 11.8 Å². The summed E-state index contributed by atoms with van der Waals surface area (Å²) in [7, 11) is -1.15. The van der Waals surface area contributed by atoms with Gasteiger partial charge in [0.15, 0.2) is 9.84 Å². The largest absolute Gasteiger partial charge is 0.370 e. The molecule has 82 valence electrons. The lowest BCUT2D eigenvalue weighted by atomic mass is 10.2. The third kappa shape index (κ3) is 1.63. The average molecular weight is 225 g/mol. The van der Waals surface area contributed by atoms with E-state index in [0.29, 0.717) is 4.90 Å². The van der Waals surface area contributed by atoms with Gasteiger partial charge in [0.2, 0.25) is 0 Å². The Balaban J connectivity index is 2.70. The monoisotopic (exact) mass is 225 g/mol. The van der Waals surface area contributed by atoms with Gasteiger partial charge in [-0.05, 0) is 31.5 Å². The lowest BCUT2D eigenvalue weighted by Gasteiger charge is -2.33. The van der Waals surface area contributed by atoms with Crippen LogP contribution in [0.4, 0.5) is 5.69 Å². The van der Waals surface area contributed by atoms with Gasteiger partial charge in [-0.1, -0.05) is 6.07 Å². The lowest BCUT2D eigenvalue weighted by molar-refractivity contribution is 0.579. The van der Waals surface area contributed by atoms with Crippen molar-refractivity contribution >= 4 is 15.5 Å².